The molecule has 4 aromatic rings. The number of carboxylic acid groups (broad SMARTS) is 1. The van der Waals surface area contributed by atoms with Crippen molar-refractivity contribution in [1.29, 1.82) is 0 Å². The first kappa shape index (κ1) is 19.5. The average molecular weight is 417 g/mol. The van der Waals surface area contributed by atoms with Crippen molar-refractivity contribution in [2.75, 3.05) is 13.2 Å². The number of benzene rings is 1. The number of hydrogen-bond acceptors (Lipinski definition) is 5. The molecule has 1 N–H and O–H groups in total. The van der Waals surface area contributed by atoms with Gasteiger partial charge >= 0.3 is 5.97 Å². The standard InChI is InChI=1S/C24H23N3O4/c1-14-21(15(2)31-26-14)18-8-20-22(25-9-18)19(10-27(20)11-24(3)12-30-13-24)16-4-6-17(7-5-16)23(28)29/h4-10H,11-13H2,1-3H3,(H,28,29). The van der Waals surface area contributed by atoms with Crippen molar-refractivity contribution in [3.8, 4) is 22.3 Å². The average Bonchev–Trinajstić information content (AvgIpc) is 3.26. The van der Waals surface area contributed by atoms with Crippen molar-refractivity contribution >= 4 is 17.0 Å². The zero-order valence-corrected chi connectivity index (χ0v) is 17.7. The van der Waals surface area contributed by atoms with Gasteiger partial charge in [-0.2, -0.15) is 0 Å². The maximum atomic E-state index is 11.2. The van der Waals surface area contributed by atoms with Gasteiger partial charge in [-0.3, -0.25) is 4.98 Å². The van der Waals surface area contributed by atoms with E-state index in [1.807, 2.05) is 32.2 Å². The smallest absolute Gasteiger partial charge is 0.335 e. The lowest BCUT2D eigenvalue weighted by Gasteiger charge is -2.38. The number of carboxylic acids is 1. The Balaban J connectivity index is 1.67. The molecule has 7 nitrogen and oxygen atoms in total. The zero-order valence-electron chi connectivity index (χ0n) is 17.7. The maximum Gasteiger partial charge on any atom is 0.335 e. The fourth-order valence-electron chi connectivity index (χ4n) is 4.29. The molecule has 31 heavy (non-hydrogen) atoms. The van der Waals surface area contributed by atoms with E-state index < -0.39 is 5.97 Å². The zero-order chi connectivity index (χ0) is 21.8. The van der Waals surface area contributed by atoms with Gasteiger partial charge in [-0.15, -0.1) is 0 Å². The first-order valence-electron chi connectivity index (χ1n) is 10.2. The molecular formula is C24H23N3O4. The van der Waals surface area contributed by atoms with E-state index in [9.17, 15) is 9.90 Å². The van der Waals surface area contributed by atoms with Gasteiger partial charge in [0.25, 0.3) is 0 Å². The van der Waals surface area contributed by atoms with Gasteiger partial charge in [-0.1, -0.05) is 24.2 Å². The van der Waals surface area contributed by atoms with Crippen molar-refractivity contribution < 1.29 is 19.2 Å². The molecule has 4 heterocycles. The van der Waals surface area contributed by atoms with Gasteiger partial charge in [0.1, 0.15) is 5.76 Å². The van der Waals surface area contributed by atoms with Gasteiger partial charge in [-0.25, -0.2) is 4.79 Å². The van der Waals surface area contributed by atoms with Crippen LogP contribution >= 0.6 is 0 Å². The second kappa shape index (κ2) is 7.06. The molecule has 0 unspecified atom stereocenters. The number of ether oxygens (including phenoxy) is 1. The van der Waals surface area contributed by atoms with Crippen molar-refractivity contribution in [1.82, 2.24) is 14.7 Å². The van der Waals surface area contributed by atoms with Crippen LogP contribution in [0.5, 0.6) is 0 Å². The summed E-state index contributed by atoms with van der Waals surface area (Å²) >= 11 is 0. The fourth-order valence-corrected chi connectivity index (χ4v) is 4.29. The monoisotopic (exact) mass is 417 g/mol. The third-order valence-corrected chi connectivity index (χ3v) is 5.94. The number of carbonyl (C=O) groups is 1. The van der Waals surface area contributed by atoms with E-state index in [-0.39, 0.29) is 11.0 Å². The van der Waals surface area contributed by atoms with Crippen molar-refractivity contribution in [2.24, 2.45) is 5.41 Å². The Morgan fingerprint density at radius 3 is 2.52 bits per heavy atom. The van der Waals surface area contributed by atoms with E-state index in [1.165, 1.54) is 0 Å². The van der Waals surface area contributed by atoms with Gasteiger partial charge in [0.05, 0.1) is 35.5 Å². The first-order chi connectivity index (χ1) is 14.8. The number of pyridine rings is 1. The molecule has 0 aliphatic carbocycles. The molecule has 1 aliphatic heterocycles. The summed E-state index contributed by atoms with van der Waals surface area (Å²) in [6.07, 6.45) is 3.95. The summed E-state index contributed by atoms with van der Waals surface area (Å²) in [5, 5.41) is 13.3. The quantitative estimate of drug-likeness (QED) is 0.506. The summed E-state index contributed by atoms with van der Waals surface area (Å²) in [5.41, 5.74) is 6.90. The molecule has 0 bridgehead atoms. The number of nitrogens with zero attached hydrogens (tertiary/aromatic N) is 3. The second-order valence-corrected chi connectivity index (χ2v) is 8.65. The van der Waals surface area contributed by atoms with Crippen LogP contribution < -0.4 is 0 Å². The highest BCUT2D eigenvalue weighted by Crippen LogP contribution is 2.37. The van der Waals surface area contributed by atoms with Crippen molar-refractivity contribution in [3.05, 3.63) is 59.7 Å². The van der Waals surface area contributed by atoms with Gasteiger partial charge < -0.3 is 18.9 Å². The number of aromatic carboxylic acids is 1. The normalized spacial score (nSPS) is 15.2. The van der Waals surface area contributed by atoms with E-state index >= 15 is 0 Å². The molecular weight excluding hydrogens is 394 g/mol. The van der Waals surface area contributed by atoms with Crippen LogP contribution in [0.25, 0.3) is 33.3 Å². The minimum Gasteiger partial charge on any atom is -0.478 e. The highest BCUT2D eigenvalue weighted by Gasteiger charge is 2.34. The van der Waals surface area contributed by atoms with Crippen LogP contribution in [0.1, 0.15) is 28.7 Å². The molecule has 3 aromatic heterocycles. The lowest BCUT2D eigenvalue weighted by molar-refractivity contribution is -0.109. The van der Waals surface area contributed by atoms with Gasteiger partial charge in [0.2, 0.25) is 0 Å². The minimum atomic E-state index is -0.936. The molecule has 5 rings (SSSR count). The van der Waals surface area contributed by atoms with Crippen LogP contribution in [0.15, 0.2) is 47.2 Å². The summed E-state index contributed by atoms with van der Waals surface area (Å²) in [7, 11) is 0. The van der Waals surface area contributed by atoms with Crippen molar-refractivity contribution in [3.63, 3.8) is 0 Å². The molecule has 0 spiro atoms. The molecule has 0 saturated carbocycles. The predicted octanol–water partition coefficient (Wildman–Crippen LogP) is 4.71. The first-order valence-corrected chi connectivity index (χ1v) is 10.2. The summed E-state index contributed by atoms with van der Waals surface area (Å²) in [6, 6.07) is 9.05. The summed E-state index contributed by atoms with van der Waals surface area (Å²) < 4.78 is 13.0. The Bertz CT molecular complexity index is 1280. The van der Waals surface area contributed by atoms with Crippen LogP contribution in [-0.2, 0) is 11.3 Å². The number of hydrogen-bond donors (Lipinski definition) is 1. The number of rotatable bonds is 5. The molecule has 158 valence electrons. The van der Waals surface area contributed by atoms with Crippen LogP contribution in [-0.4, -0.2) is 39.0 Å². The minimum absolute atomic E-state index is 0.0788. The van der Waals surface area contributed by atoms with Gasteiger partial charge in [0.15, 0.2) is 0 Å². The summed E-state index contributed by atoms with van der Waals surface area (Å²) in [4.78, 5) is 16.0. The van der Waals surface area contributed by atoms with E-state index in [0.717, 1.165) is 64.5 Å². The number of fused-ring (bicyclic) bond motifs is 1. The fraction of sp³-hybridized carbons (Fsp3) is 0.292. The van der Waals surface area contributed by atoms with E-state index in [1.54, 1.807) is 12.1 Å². The Labute approximate surface area is 179 Å². The van der Waals surface area contributed by atoms with E-state index in [4.69, 9.17) is 14.2 Å². The number of aromatic nitrogens is 3. The Hall–Kier alpha value is -3.45. The molecule has 1 aliphatic rings. The SMILES string of the molecule is Cc1noc(C)c1-c1cnc2c(-c3ccc(C(=O)O)cc3)cn(CC3(C)COC3)c2c1. The maximum absolute atomic E-state index is 11.2. The highest BCUT2D eigenvalue weighted by atomic mass is 16.5. The predicted molar refractivity (Wildman–Crippen MR) is 116 cm³/mol. The number of aryl methyl sites for hydroxylation is 2. The molecule has 0 radical (unpaired) electrons. The summed E-state index contributed by atoms with van der Waals surface area (Å²) in [6.45, 7) is 8.31. The van der Waals surface area contributed by atoms with E-state index in [0.29, 0.717) is 0 Å². The molecule has 1 aromatic carbocycles. The van der Waals surface area contributed by atoms with Gasteiger partial charge in [-0.05, 0) is 37.6 Å². The third kappa shape index (κ3) is 3.31. The molecule has 1 saturated heterocycles. The molecule has 0 amide bonds. The largest absolute Gasteiger partial charge is 0.478 e. The molecule has 7 heteroatoms. The molecule has 0 atom stereocenters. The van der Waals surface area contributed by atoms with Crippen molar-refractivity contribution in [2.45, 2.75) is 27.3 Å². The Kier molecular flexibility index (Phi) is 4.44. The lowest BCUT2D eigenvalue weighted by atomic mass is 9.88. The van der Waals surface area contributed by atoms with Gasteiger partial charge in [0, 0.05) is 41.0 Å². The second-order valence-electron chi connectivity index (χ2n) is 8.65. The summed E-state index contributed by atoms with van der Waals surface area (Å²) in [5.74, 6) is -0.172. The highest BCUT2D eigenvalue weighted by molar-refractivity contribution is 5.96. The molecule has 1 fully saturated rings. The van der Waals surface area contributed by atoms with Crippen LogP contribution in [0.4, 0.5) is 0 Å². The van der Waals surface area contributed by atoms with E-state index in [2.05, 4.69) is 28.9 Å². The van der Waals surface area contributed by atoms with Crippen LogP contribution in [0.2, 0.25) is 0 Å². The topological polar surface area (TPSA) is 90.4 Å². The van der Waals surface area contributed by atoms with Crippen LogP contribution in [0, 0.1) is 19.3 Å². The Morgan fingerprint density at radius 2 is 1.94 bits per heavy atom. The lowest BCUT2D eigenvalue weighted by Crippen LogP contribution is -2.42. The van der Waals surface area contributed by atoms with Crippen LogP contribution in [0.3, 0.4) is 0 Å². The Morgan fingerprint density at radius 1 is 1.19 bits per heavy atom. The third-order valence-electron chi connectivity index (χ3n) is 5.94.